The summed E-state index contributed by atoms with van der Waals surface area (Å²) in [5, 5.41) is 11.8. The van der Waals surface area contributed by atoms with Crippen molar-refractivity contribution in [2.75, 3.05) is 0 Å². The highest BCUT2D eigenvalue weighted by atomic mass is 16.3. The summed E-state index contributed by atoms with van der Waals surface area (Å²) < 4.78 is 0. The lowest BCUT2D eigenvalue weighted by atomic mass is 10.0. The van der Waals surface area contributed by atoms with Crippen molar-refractivity contribution in [1.82, 2.24) is 4.98 Å². The van der Waals surface area contributed by atoms with Gasteiger partial charge in [0.15, 0.2) is 0 Å². The normalized spacial score (nSPS) is 34.9. The van der Waals surface area contributed by atoms with Crippen LogP contribution in [-0.4, -0.2) is 10.1 Å². The second-order valence-electron chi connectivity index (χ2n) is 5.36. The lowest BCUT2D eigenvalue weighted by Crippen LogP contribution is -2.15. The van der Waals surface area contributed by atoms with Crippen LogP contribution < -0.4 is 0 Å². The first-order valence-corrected chi connectivity index (χ1v) is 6.39. The van der Waals surface area contributed by atoms with Crippen molar-refractivity contribution in [3.05, 3.63) is 42.1 Å². The average Bonchev–Trinajstić information content (AvgIpc) is 2.79. The minimum atomic E-state index is -0.609. The van der Waals surface area contributed by atoms with Crippen LogP contribution in [0.1, 0.15) is 25.0 Å². The lowest BCUT2D eigenvalue weighted by molar-refractivity contribution is 0.101. The van der Waals surface area contributed by atoms with E-state index in [0.717, 1.165) is 29.4 Å². The Hall–Kier alpha value is -1.41. The molecule has 2 heteroatoms. The molecule has 1 N–H and O–H groups in total. The Kier molecular flexibility index (Phi) is 1.74. The number of fused-ring (bicyclic) bond motifs is 2. The van der Waals surface area contributed by atoms with Gasteiger partial charge >= 0.3 is 0 Å². The third-order valence-electron chi connectivity index (χ3n) is 4.55. The van der Waals surface area contributed by atoms with E-state index in [1.54, 1.807) is 0 Å². The molecule has 2 atom stereocenters. The van der Waals surface area contributed by atoms with Gasteiger partial charge in [0.25, 0.3) is 0 Å². The predicted octanol–water partition coefficient (Wildman–Crippen LogP) is 2.85. The molecular weight excluding hydrogens is 210 g/mol. The lowest BCUT2D eigenvalue weighted by Gasteiger charge is -2.14. The van der Waals surface area contributed by atoms with E-state index in [-0.39, 0.29) is 0 Å². The summed E-state index contributed by atoms with van der Waals surface area (Å²) in [7, 11) is 0. The van der Waals surface area contributed by atoms with Crippen LogP contribution >= 0.6 is 0 Å². The second-order valence-corrected chi connectivity index (χ2v) is 5.36. The van der Waals surface area contributed by atoms with Crippen LogP contribution in [0.2, 0.25) is 0 Å². The molecule has 17 heavy (non-hydrogen) atoms. The molecule has 2 aromatic rings. The van der Waals surface area contributed by atoms with Gasteiger partial charge < -0.3 is 5.11 Å². The molecule has 1 aromatic heterocycles. The number of aliphatic hydroxyl groups is 1. The molecule has 2 aliphatic rings. The van der Waals surface area contributed by atoms with Crippen LogP contribution in [-0.2, 0) is 5.60 Å². The third-order valence-corrected chi connectivity index (χ3v) is 4.55. The number of nitrogens with zero attached hydrogens (tertiary/aromatic N) is 1. The number of benzene rings is 1. The maximum absolute atomic E-state index is 10.7. The molecule has 86 valence electrons. The molecule has 2 nitrogen and oxygen atoms in total. The fourth-order valence-electron chi connectivity index (χ4n) is 3.59. The van der Waals surface area contributed by atoms with Gasteiger partial charge in [-0.1, -0.05) is 30.7 Å². The maximum atomic E-state index is 10.7. The average molecular weight is 225 g/mol. The van der Waals surface area contributed by atoms with Gasteiger partial charge in [-0.15, -0.1) is 0 Å². The van der Waals surface area contributed by atoms with Crippen molar-refractivity contribution in [3.63, 3.8) is 0 Å². The first-order valence-electron chi connectivity index (χ1n) is 6.39. The molecule has 0 aliphatic heterocycles. The molecule has 2 unspecified atom stereocenters. The molecule has 2 aliphatic carbocycles. The van der Waals surface area contributed by atoms with Crippen LogP contribution in [0.3, 0.4) is 0 Å². The zero-order chi connectivity index (χ0) is 11.5. The van der Waals surface area contributed by atoms with E-state index >= 15 is 0 Å². The van der Waals surface area contributed by atoms with Crippen molar-refractivity contribution in [3.8, 4) is 0 Å². The SMILES string of the molecule is OC1(c2ccc3ccccc3n2)C2CCCC21. The molecule has 2 saturated carbocycles. The van der Waals surface area contributed by atoms with Gasteiger partial charge in [0, 0.05) is 5.39 Å². The van der Waals surface area contributed by atoms with Gasteiger partial charge in [-0.25, -0.2) is 4.98 Å². The summed E-state index contributed by atoms with van der Waals surface area (Å²) in [6.07, 6.45) is 3.59. The van der Waals surface area contributed by atoms with Gasteiger partial charge in [-0.05, 0) is 36.8 Å². The summed E-state index contributed by atoms with van der Waals surface area (Å²) in [6.45, 7) is 0. The van der Waals surface area contributed by atoms with Gasteiger partial charge in [-0.3, -0.25) is 0 Å². The van der Waals surface area contributed by atoms with Gasteiger partial charge in [-0.2, -0.15) is 0 Å². The number of rotatable bonds is 1. The number of hydrogen-bond donors (Lipinski definition) is 1. The van der Waals surface area contributed by atoms with Crippen LogP contribution in [0.5, 0.6) is 0 Å². The number of hydrogen-bond acceptors (Lipinski definition) is 2. The summed E-state index contributed by atoms with van der Waals surface area (Å²) in [5.41, 5.74) is 1.26. The standard InChI is InChI=1S/C15H15NO/c17-15(11-5-3-6-12(11)15)14-9-8-10-4-1-2-7-13(10)16-14/h1-2,4,7-9,11-12,17H,3,5-6H2. The molecule has 0 spiro atoms. The van der Waals surface area contributed by atoms with Gasteiger partial charge in [0.2, 0.25) is 0 Å². The molecule has 0 saturated heterocycles. The van der Waals surface area contributed by atoms with Crippen molar-refractivity contribution in [2.45, 2.75) is 24.9 Å². The topological polar surface area (TPSA) is 33.1 Å². The van der Waals surface area contributed by atoms with Crippen LogP contribution in [0.4, 0.5) is 0 Å². The third kappa shape index (κ3) is 1.16. The van der Waals surface area contributed by atoms with E-state index in [9.17, 15) is 5.11 Å². The van der Waals surface area contributed by atoms with Crippen LogP contribution in [0.25, 0.3) is 10.9 Å². The maximum Gasteiger partial charge on any atom is 0.113 e. The molecule has 1 heterocycles. The minimum absolute atomic E-state index is 0.469. The Morgan fingerprint density at radius 3 is 2.65 bits per heavy atom. The molecule has 2 fully saturated rings. The summed E-state index contributed by atoms with van der Waals surface area (Å²) in [5.74, 6) is 0.937. The Bertz CT molecular complexity index is 582. The molecular formula is C15H15NO. The highest BCUT2D eigenvalue weighted by Crippen LogP contribution is 2.65. The largest absolute Gasteiger partial charge is 0.383 e. The fraction of sp³-hybridized carbons (Fsp3) is 0.400. The Morgan fingerprint density at radius 2 is 1.82 bits per heavy atom. The monoisotopic (exact) mass is 225 g/mol. The van der Waals surface area contributed by atoms with E-state index in [1.807, 2.05) is 24.3 Å². The van der Waals surface area contributed by atoms with E-state index < -0.39 is 5.60 Å². The molecule has 0 radical (unpaired) electrons. The van der Waals surface area contributed by atoms with E-state index in [0.29, 0.717) is 11.8 Å². The minimum Gasteiger partial charge on any atom is -0.383 e. The van der Waals surface area contributed by atoms with Crippen molar-refractivity contribution < 1.29 is 5.11 Å². The zero-order valence-corrected chi connectivity index (χ0v) is 9.63. The van der Waals surface area contributed by atoms with E-state index in [4.69, 9.17) is 0 Å². The Labute approximate surface area is 100 Å². The van der Waals surface area contributed by atoms with Crippen LogP contribution in [0, 0.1) is 11.8 Å². The van der Waals surface area contributed by atoms with E-state index in [2.05, 4.69) is 17.1 Å². The summed E-state index contributed by atoms with van der Waals surface area (Å²) >= 11 is 0. The fourth-order valence-corrected chi connectivity index (χ4v) is 3.59. The molecule has 0 bridgehead atoms. The number of pyridine rings is 1. The molecule has 1 aromatic carbocycles. The first-order chi connectivity index (χ1) is 8.30. The van der Waals surface area contributed by atoms with Crippen LogP contribution in [0.15, 0.2) is 36.4 Å². The smallest absolute Gasteiger partial charge is 0.113 e. The summed E-state index contributed by atoms with van der Waals surface area (Å²) in [6, 6.07) is 12.2. The van der Waals surface area contributed by atoms with Crippen molar-refractivity contribution in [1.29, 1.82) is 0 Å². The van der Waals surface area contributed by atoms with Crippen molar-refractivity contribution >= 4 is 10.9 Å². The highest BCUT2D eigenvalue weighted by Gasteiger charge is 2.67. The second kappa shape index (κ2) is 3.08. The Balaban J connectivity index is 1.82. The summed E-state index contributed by atoms with van der Waals surface area (Å²) in [4.78, 5) is 4.64. The highest BCUT2D eigenvalue weighted by molar-refractivity contribution is 5.78. The predicted molar refractivity (Wildman–Crippen MR) is 66.5 cm³/mol. The van der Waals surface area contributed by atoms with Crippen molar-refractivity contribution in [2.24, 2.45) is 11.8 Å². The van der Waals surface area contributed by atoms with Gasteiger partial charge in [0.1, 0.15) is 5.60 Å². The molecule has 0 amide bonds. The van der Waals surface area contributed by atoms with Gasteiger partial charge in [0.05, 0.1) is 11.2 Å². The number of para-hydroxylation sites is 1. The van der Waals surface area contributed by atoms with E-state index in [1.165, 1.54) is 6.42 Å². The quantitative estimate of drug-likeness (QED) is 0.809. The first kappa shape index (κ1) is 9.60. The zero-order valence-electron chi connectivity index (χ0n) is 9.63. The molecule has 4 rings (SSSR count). The Morgan fingerprint density at radius 1 is 1.06 bits per heavy atom. The number of aromatic nitrogens is 1.